The highest BCUT2D eigenvalue weighted by Gasteiger charge is 2.07. The van der Waals surface area contributed by atoms with Crippen LogP contribution in [0.2, 0.25) is 5.02 Å². The molecule has 0 aliphatic carbocycles. The summed E-state index contributed by atoms with van der Waals surface area (Å²) in [7, 11) is 1.94. The third-order valence-corrected chi connectivity index (χ3v) is 2.99. The molecule has 0 atom stereocenters. The Kier molecular flexibility index (Phi) is 10.7. The molecule has 0 aliphatic heterocycles. The number of carbonyl (C=O) groups is 1. The van der Waals surface area contributed by atoms with Crippen molar-refractivity contribution in [3.8, 4) is 0 Å². The van der Waals surface area contributed by atoms with Crippen molar-refractivity contribution >= 4 is 29.8 Å². The van der Waals surface area contributed by atoms with Gasteiger partial charge in [-0.15, -0.1) is 12.4 Å². The van der Waals surface area contributed by atoms with Crippen LogP contribution in [0.4, 0.5) is 0 Å². The van der Waals surface area contributed by atoms with Gasteiger partial charge in [0.25, 0.3) is 0 Å². The van der Waals surface area contributed by atoms with Gasteiger partial charge >= 0.3 is 0 Å². The summed E-state index contributed by atoms with van der Waals surface area (Å²) in [6.07, 6.45) is 0.470. The maximum atomic E-state index is 11.9. The van der Waals surface area contributed by atoms with Gasteiger partial charge in [-0.2, -0.15) is 0 Å². The molecule has 1 rings (SSSR count). The molecule has 1 aromatic carbocycles. The molecule has 0 aliphatic rings. The van der Waals surface area contributed by atoms with Gasteiger partial charge in [-0.05, 0) is 31.3 Å². The second-order valence-corrected chi connectivity index (χ2v) is 4.76. The fraction of sp³-hybridized carbons (Fsp3) is 0.500. The first-order valence-electron chi connectivity index (χ1n) is 6.29. The molecule has 0 amide bonds. The van der Waals surface area contributed by atoms with Crippen molar-refractivity contribution in [1.82, 2.24) is 4.90 Å². The third kappa shape index (κ3) is 7.82. The number of rotatable bonds is 9. The summed E-state index contributed by atoms with van der Waals surface area (Å²) in [6.45, 7) is 2.39. The van der Waals surface area contributed by atoms with Crippen LogP contribution in [0, 0.1) is 0 Å². The quantitative estimate of drug-likeness (QED) is 0.560. The Bertz CT molecular complexity index is 385. The van der Waals surface area contributed by atoms with E-state index in [9.17, 15) is 4.79 Å². The average molecular weight is 322 g/mol. The average Bonchev–Trinajstić information content (AvgIpc) is 2.42. The predicted octanol–water partition coefficient (Wildman–Crippen LogP) is 2.28. The fourth-order valence-corrected chi connectivity index (χ4v) is 1.70. The number of aliphatic hydroxyl groups is 1. The number of ketones is 1. The molecule has 0 unspecified atom stereocenters. The lowest BCUT2D eigenvalue weighted by Crippen LogP contribution is -2.26. The van der Waals surface area contributed by atoms with Crippen molar-refractivity contribution in [3.63, 3.8) is 0 Å². The van der Waals surface area contributed by atoms with Gasteiger partial charge < -0.3 is 14.7 Å². The van der Waals surface area contributed by atoms with Crippen molar-refractivity contribution in [2.75, 3.05) is 40.0 Å². The standard InChI is InChI=1S/C14H20ClNO3.ClH/c1-16(8-10-19-11-9-17)7-6-14(18)12-2-4-13(15)5-3-12;/h2-5,17H,6-11H2,1H3;1H. The summed E-state index contributed by atoms with van der Waals surface area (Å²) in [5.41, 5.74) is 0.689. The highest BCUT2D eigenvalue weighted by atomic mass is 35.5. The fourth-order valence-electron chi connectivity index (χ4n) is 1.57. The maximum Gasteiger partial charge on any atom is 0.164 e. The third-order valence-electron chi connectivity index (χ3n) is 2.74. The van der Waals surface area contributed by atoms with E-state index < -0.39 is 0 Å². The number of ether oxygens (including phenoxy) is 1. The van der Waals surface area contributed by atoms with Crippen molar-refractivity contribution in [2.24, 2.45) is 0 Å². The zero-order chi connectivity index (χ0) is 14.1. The molecule has 20 heavy (non-hydrogen) atoms. The van der Waals surface area contributed by atoms with E-state index in [-0.39, 0.29) is 24.8 Å². The molecule has 0 bridgehead atoms. The van der Waals surface area contributed by atoms with Gasteiger partial charge in [0.15, 0.2) is 5.78 Å². The molecule has 0 spiro atoms. The lowest BCUT2D eigenvalue weighted by Gasteiger charge is -2.15. The number of aliphatic hydroxyl groups excluding tert-OH is 1. The Morgan fingerprint density at radius 3 is 2.50 bits per heavy atom. The van der Waals surface area contributed by atoms with Crippen LogP contribution in [0.5, 0.6) is 0 Å². The van der Waals surface area contributed by atoms with E-state index in [1.807, 2.05) is 11.9 Å². The second-order valence-electron chi connectivity index (χ2n) is 4.32. The van der Waals surface area contributed by atoms with Crippen molar-refractivity contribution in [2.45, 2.75) is 6.42 Å². The highest BCUT2D eigenvalue weighted by molar-refractivity contribution is 6.30. The smallest absolute Gasteiger partial charge is 0.164 e. The number of likely N-dealkylation sites (N-methyl/N-ethyl adjacent to an activating group) is 1. The van der Waals surface area contributed by atoms with E-state index in [0.29, 0.717) is 36.8 Å². The van der Waals surface area contributed by atoms with E-state index in [2.05, 4.69) is 0 Å². The first kappa shape index (κ1) is 19.4. The van der Waals surface area contributed by atoms with Gasteiger partial charge in [0.1, 0.15) is 0 Å². The Labute approximate surface area is 131 Å². The molecule has 0 radical (unpaired) electrons. The minimum atomic E-state index is 0. The van der Waals surface area contributed by atoms with Crippen LogP contribution in [0.1, 0.15) is 16.8 Å². The Hall–Kier alpha value is -0.650. The second kappa shape index (κ2) is 11.1. The molecule has 0 saturated heterocycles. The van der Waals surface area contributed by atoms with Crippen LogP contribution < -0.4 is 0 Å². The predicted molar refractivity (Wildman–Crippen MR) is 83.0 cm³/mol. The Morgan fingerprint density at radius 2 is 1.90 bits per heavy atom. The van der Waals surface area contributed by atoms with Crippen LogP contribution in [-0.2, 0) is 4.74 Å². The Balaban J connectivity index is 0.00000361. The van der Waals surface area contributed by atoms with Gasteiger partial charge in [-0.1, -0.05) is 11.6 Å². The largest absolute Gasteiger partial charge is 0.394 e. The SMILES string of the molecule is CN(CCOCCO)CCC(=O)c1ccc(Cl)cc1.Cl. The zero-order valence-corrected chi connectivity index (χ0v) is 13.1. The van der Waals surface area contributed by atoms with E-state index in [0.717, 1.165) is 6.54 Å². The minimum Gasteiger partial charge on any atom is -0.394 e. The number of nitrogens with zero attached hydrogens (tertiary/aromatic N) is 1. The summed E-state index contributed by atoms with van der Waals surface area (Å²) in [6, 6.07) is 6.94. The lowest BCUT2D eigenvalue weighted by molar-refractivity contribution is 0.0767. The van der Waals surface area contributed by atoms with Crippen LogP contribution in [0.15, 0.2) is 24.3 Å². The van der Waals surface area contributed by atoms with Crippen molar-refractivity contribution < 1.29 is 14.6 Å². The molecular weight excluding hydrogens is 301 g/mol. The van der Waals surface area contributed by atoms with E-state index in [1.54, 1.807) is 24.3 Å². The summed E-state index contributed by atoms with van der Waals surface area (Å²) in [5, 5.41) is 9.19. The van der Waals surface area contributed by atoms with E-state index in [4.69, 9.17) is 21.4 Å². The van der Waals surface area contributed by atoms with Gasteiger partial charge in [0.2, 0.25) is 0 Å². The number of carbonyl (C=O) groups excluding carboxylic acids is 1. The molecule has 4 nitrogen and oxygen atoms in total. The molecule has 0 fully saturated rings. The molecule has 1 N–H and O–H groups in total. The van der Waals surface area contributed by atoms with Gasteiger partial charge in [-0.3, -0.25) is 4.79 Å². The normalized spacial score (nSPS) is 10.4. The summed E-state index contributed by atoms with van der Waals surface area (Å²) in [5.74, 6) is 0.111. The van der Waals surface area contributed by atoms with Gasteiger partial charge in [-0.25, -0.2) is 0 Å². The Morgan fingerprint density at radius 1 is 1.25 bits per heavy atom. The monoisotopic (exact) mass is 321 g/mol. The van der Waals surface area contributed by atoms with Crippen LogP contribution in [0.3, 0.4) is 0 Å². The molecule has 6 heteroatoms. The molecule has 0 saturated carbocycles. The van der Waals surface area contributed by atoms with Crippen molar-refractivity contribution in [3.05, 3.63) is 34.9 Å². The van der Waals surface area contributed by atoms with E-state index >= 15 is 0 Å². The van der Waals surface area contributed by atoms with Crippen LogP contribution in [0.25, 0.3) is 0 Å². The van der Waals surface area contributed by atoms with Gasteiger partial charge in [0.05, 0.1) is 19.8 Å². The van der Waals surface area contributed by atoms with E-state index in [1.165, 1.54) is 0 Å². The minimum absolute atomic E-state index is 0. The topological polar surface area (TPSA) is 49.8 Å². The molecule has 1 aromatic rings. The molecule has 0 heterocycles. The lowest BCUT2D eigenvalue weighted by atomic mass is 10.1. The molecule has 114 valence electrons. The molecular formula is C14H21Cl2NO3. The summed E-state index contributed by atoms with van der Waals surface area (Å²) >= 11 is 5.78. The summed E-state index contributed by atoms with van der Waals surface area (Å²) in [4.78, 5) is 13.9. The van der Waals surface area contributed by atoms with Crippen LogP contribution in [-0.4, -0.2) is 55.7 Å². The number of benzene rings is 1. The van der Waals surface area contributed by atoms with Crippen molar-refractivity contribution in [1.29, 1.82) is 0 Å². The van der Waals surface area contributed by atoms with Crippen LogP contribution >= 0.6 is 24.0 Å². The first-order valence-corrected chi connectivity index (χ1v) is 6.67. The number of Topliss-reactive ketones (excluding diaryl/α,β-unsaturated/α-hetero) is 1. The number of hydrogen-bond acceptors (Lipinski definition) is 4. The maximum absolute atomic E-state index is 11.9. The number of hydrogen-bond donors (Lipinski definition) is 1. The molecule has 0 aromatic heterocycles. The van der Waals surface area contributed by atoms with Gasteiger partial charge in [0, 0.05) is 30.1 Å². The summed E-state index contributed by atoms with van der Waals surface area (Å²) < 4.78 is 5.17. The highest BCUT2D eigenvalue weighted by Crippen LogP contribution is 2.11. The first-order chi connectivity index (χ1) is 9.13. The zero-order valence-electron chi connectivity index (χ0n) is 11.5. The number of halogens is 2.